The van der Waals surface area contributed by atoms with Gasteiger partial charge in [-0.1, -0.05) is 89.9 Å². The summed E-state index contributed by atoms with van der Waals surface area (Å²) in [6.07, 6.45) is 25.5. The quantitative estimate of drug-likeness (QED) is 0.115. The van der Waals surface area contributed by atoms with E-state index < -0.39 is 0 Å². The molecule has 0 aromatic carbocycles. The van der Waals surface area contributed by atoms with Crippen LogP contribution in [0.25, 0.3) is 0 Å². The molecule has 0 spiro atoms. The zero-order chi connectivity index (χ0) is 17.7. The lowest BCUT2D eigenvalue weighted by molar-refractivity contribution is -0.137. The third-order valence-electron chi connectivity index (χ3n) is 4.32. The van der Waals surface area contributed by atoms with Gasteiger partial charge in [0.25, 0.3) is 0 Å². The van der Waals surface area contributed by atoms with Gasteiger partial charge in [0.05, 0.1) is 6.61 Å². The third-order valence-corrected chi connectivity index (χ3v) is 4.32. The van der Waals surface area contributed by atoms with Crippen molar-refractivity contribution >= 4 is 5.97 Å². The van der Waals surface area contributed by atoms with E-state index in [4.69, 9.17) is 4.74 Å². The molecule has 0 rings (SSSR count). The average Bonchev–Trinajstić information content (AvgIpc) is 2.60. The molecule has 0 N–H and O–H groups in total. The second-order valence-electron chi connectivity index (χ2n) is 6.66. The van der Waals surface area contributed by atoms with Crippen molar-refractivity contribution in [2.45, 2.75) is 103 Å². The number of carbonyl (C=O) groups excluding carboxylic acids is 1. The fourth-order valence-electron chi connectivity index (χ4n) is 2.76. The molecule has 0 atom stereocenters. The van der Waals surface area contributed by atoms with E-state index in [9.17, 15) is 4.79 Å². The summed E-state index contributed by atoms with van der Waals surface area (Å²) in [5, 5.41) is 0. The van der Waals surface area contributed by atoms with E-state index in [-0.39, 0.29) is 5.97 Å². The predicted molar refractivity (Wildman–Crippen MR) is 105 cm³/mol. The van der Waals surface area contributed by atoms with Gasteiger partial charge in [-0.3, -0.25) is 0 Å². The second kappa shape index (κ2) is 20.0. The van der Waals surface area contributed by atoms with E-state index >= 15 is 0 Å². The summed E-state index contributed by atoms with van der Waals surface area (Å²) >= 11 is 0. The summed E-state index contributed by atoms with van der Waals surface area (Å²) in [6, 6.07) is 0. The summed E-state index contributed by atoms with van der Waals surface area (Å²) in [4.78, 5) is 10.8. The standard InChI is InChI=1S/C22H40O2/c1-3-5-6-7-8-9-10-11-12-13-14-15-16-17-18-19-20-21-24-22(23)4-2/h4,12-13H,2-3,5-11,14-21H2,1H3/b13-12+. The van der Waals surface area contributed by atoms with Crippen molar-refractivity contribution in [3.8, 4) is 0 Å². The summed E-state index contributed by atoms with van der Waals surface area (Å²) in [5.74, 6) is -0.307. The Balaban J connectivity index is 3.10. The summed E-state index contributed by atoms with van der Waals surface area (Å²) < 4.78 is 4.95. The molecular weight excluding hydrogens is 296 g/mol. The SMILES string of the molecule is C=CC(=O)OCCCCCCCC/C=C/CCCCCCCCC. The Hall–Kier alpha value is -1.05. The van der Waals surface area contributed by atoms with Gasteiger partial charge < -0.3 is 4.74 Å². The Morgan fingerprint density at radius 2 is 1.21 bits per heavy atom. The third kappa shape index (κ3) is 19.0. The molecule has 2 nitrogen and oxygen atoms in total. The number of esters is 1. The number of ether oxygens (including phenoxy) is 1. The molecule has 0 fully saturated rings. The van der Waals surface area contributed by atoms with Gasteiger partial charge in [-0.05, 0) is 32.1 Å². The van der Waals surface area contributed by atoms with E-state index in [0.717, 1.165) is 12.8 Å². The first-order chi connectivity index (χ1) is 11.8. The van der Waals surface area contributed by atoms with Gasteiger partial charge in [0.15, 0.2) is 0 Å². The zero-order valence-electron chi connectivity index (χ0n) is 16.1. The van der Waals surface area contributed by atoms with Crippen molar-refractivity contribution in [2.24, 2.45) is 0 Å². The lowest BCUT2D eigenvalue weighted by Gasteiger charge is -2.02. The molecule has 0 heterocycles. The molecular formula is C22H40O2. The molecule has 0 radical (unpaired) electrons. The Labute approximate surface area is 150 Å². The lowest BCUT2D eigenvalue weighted by atomic mass is 10.1. The number of rotatable bonds is 18. The molecule has 0 aromatic heterocycles. The smallest absolute Gasteiger partial charge is 0.330 e. The number of carbonyl (C=O) groups is 1. The fraction of sp³-hybridized carbons (Fsp3) is 0.773. The largest absolute Gasteiger partial charge is 0.463 e. The molecule has 0 aliphatic rings. The van der Waals surface area contributed by atoms with Gasteiger partial charge in [0, 0.05) is 6.08 Å². The topological polar surface area (TPSA) is 26.3 Å². The van der Waals surface area contributed by atoms with Crippen LogP contribution in [0.1, 0.15) is 103 Å². The summed E-state index contributed by atoms with van der Waals surface area (Å²) in [5.41, 5.74) is 0. The van der Waals surface area contributed by atoms with Crippen LogP contribution in [0.2, 0.25) is 0 Å². The minimum atomic E-state index is -0.307. The van der Waals surface area contributed by atoms with Crippen molar-refractivity contribution in [3.63, 3.8) is 0 Å². The van der Waals surface area contributed by atoms with Crippen molar-refractivity contribution in [2.75, 3.05) is 6.61 Å². The van der Waals surface area contributed by atoms with Crippen LogP contribution in [0.5, 0.6) is 0 Å². The van der Waals surface area contributed by atoms with Gasteiger partial charge in [0.2, 0.25) is 0 Å². The fourth-order valence-corrected chi connectivity index (χ4v) is 2.76. The number of unbranched alkanes of at least 4 members (excludes halogenated alkanes) is 13. The molecule has 0 aromatic rings. The summed E-state index contributed by atoms with van der Waals surface area (Å²) in [6.45, 7) is 6.19. The number of hydrogen-bond acceptors (Lipinski definition) is 2. The Kier molecular flexibility index (Phi) is 19.1. The maximum atomic E-state index is 10.8. The molecule has 0 saturated carbocycles. The highest BCUT2D eigenvalue weighted by Gasteiger charge is 1.95. The van der Waals surface area contributed by atoms with E-state index in [1.54, 1.807) is 0 Å². The average molecular weight is 337 g/mol. The van der Waals surface area contributed by atoms with E-state index in [2.05, 4.69) is 25.7 Å². The first kappa shape index (κ1) is 22.9. The van der Waals surface area contributed by atoms with Crippen molar-refractivity contribution in [1.82, 2.24) is 0 Å². The minimum Gasteiger partial charge on any atom is -0.463 e. The van der Waals surface area contributed by atoms with Crippen LogP contribution in [0.4, 0.5) is 0 Å². The highest BCUT2D eigenvalue weighted by molar-refractivity contribution is 5.81. The van der Waals surface area contributed by atoms with E-state index in [1.165, 1.54) is 89.5 Å². The zero-order valence-corrected chi connectivity index (χ0v) is 16.1. The monoisotopic (exact) mass is 336 g/mol. The van der Waals surface area contributed by atoms with Crippen molar-refractivity contribution in [1.29, 1.82) is 0 Å². The van der Waals surface area contributed by atoms with E-state index in [0.29, 0.717) is 6.61 Å². The lowest BCUT2D eigenvalue weighted by Crippen LogP contribution is -2.01. The molecule has 0 amide bonds. The van der Waals surface area contributed by atoms with Gasteiger partial charge in [-0.2, -0.15) is 0 Å². The van der Waals surface area contributed by atoms with Gasteiger partial charge in [-0.25, -0.2) is 4.79 Å². The molecule has 0 saturated heterocycles. The van der Waals surface area contributed by atoms with Crippen molar-refractivity contribution in [3.05, 3.63) is 24.8 Å². The predicted octanol–water partition coefficient (Wildman–Crippen LogP) is 7.14. The van der Waals surface area contributed by atoms with Crippen LogP contribution < -0.4 is 0 Å². The van der Waals surface area contributed by atoms with Gasteiger partial charge in [0.1, 0.15) is 0 Å². The second-order valence-corrected chi connectivity index (χ2v) is 6.66. The van der Waals surface area contributed by atoms with Crippen LogP contribution in [0, 0.1) is 0 Å². The molecule has 24 heavy (non-hydrogen) atoms. The van der Waals surface area contributed by atoms with E-state index in [1.807, 2.05) is 0 Å². The Morgan fingerprint density at radius 3 is 1.71 bits per heavy atom. The summed E-state index contributed by atoms with van der Waals surface area (Å²) in [7, 11) is 0. The molecule has 0 bridgehead atoms. The highest BCUT2D eigenvalue weighted by Crippen LogP contribution is 2.10. The molecule has 2 heteroatoms. The molecule has 0 unspecified atom stereocenters. The maximum absolute atomic E-state index is 10.8. The van der Waals surface area contributed by atoms with Crippen LogP contribution in [-0.4, -0.2) is 12.6 Å². The molecule has 0 aliphatic carbocycles. The van der Waals surface area contributed by atoms with Crippen LogP contribution in [-0.2, 0) is 9.53 Å². The van der Waals surface area contributed by atoms with Gasteiger partial charge >= 0.3 is 5.97 Å². The highest BCUT2D eigenvalue weighted by atomic mass is 16.5. The molecule has 0 aliphatic heterocycles. The van der Waals surface area contributed by atoms with Crippen LogP contribution >= 0.6 is 0 Å². The Morgan fingerprint density at radius 1 is 0.750 bits per heavy atom. The number of allylic oxidation sites excluding steroid dienone is 2. The first-order valence-corrected chi connectivity index (χ1v) is 10.3. The number of hydrogen-bond donors (Lipinski definition) is 0. The normalized spacial score (nSPS) is 11.0. The first-order valence-electron chi connectivity index (χ1n) is 10.3. The minimum absolute atomic E-state index is 0.307. The van der Waals surface area contributed by atoms with Crippen LogP contribution in [0.3, 0.4) is 0 Å². The molecule has 140 valence electrons. The van der Waals surface area contributed by atoms with Crippen molar-refractivity contribution < 1.29 is 9.53 Å². The van der Waals surface area contributed by atoms with Crippen LogP contribution in [0.15, 0.2) is 24.8 Å². The van der Waals surface area contributed by atoms with Gasteiger partial charge in [-0.15, -0.1) is 0 Å². The Bertz CT molecular complexity index is 307. The maximum Gasteiger partial charge on any atom is 0.330 e.